The average molecular weight is 170 g/mol. The molecule has 0 aromatic carbocycles. The van der Waals surface area contributed by atoms with Crippen molar-refractivity contribution in [2.45, 2.75) is 17.3 Å². The van der Waals surface area contributed by atoms with E-state index < -0.39 is 0 Å². The molecule has 0 aliphatic carbocycles. The molecule has 1 aromatic rings. The van der Waals surface area contributed by atoms with Crippen LogP contribution in [0.3, 0.4) is 0 Å². The molecular weight excluding hydrogens is 160 g/mol. The van der Waals surface area contributed by atoms with Crippen LogP contribution in [0.5, 0.6) is 0 Å². The number of thioether (sulfide) groups is 1. The fourth-order valence-electron chi connectivity index (χ4n) is 0.563. The highest BCUT2D eigenvalue weighted by Gasteiger charge is 2.02. The molecule has 4 heteroatoms. The number of aromatic nitrogens is 2. The zero-order valence-corrected chi connectivity index (χ0v) is 7.08. The van der Waals surface area contributed by atoms with Crippen LogP contribution in [0.25, 0.3) is 0 Å². The minimum atomic E-state index is 0.156. The van der Waals surface area contributed by atoms with Gasteiger partial charge in [0.25, 0.3) is 0 Å². The Bertz CT molecular complexity index is 205. The van der Waals surface area contributed by atoms with Crippen LogP contribution in [0.2, 0.25) is 0 Å². The Morgan fingerprint density at radius 2 is 2.18 bits per heavy atom. The zero-order chi connectivity index (χ0) is 8.10. The lowest BCUT2D eigenvalue weighted by molar-refractivity contribution is 0.300. The third kappa shape index (κ3) is 2.86. The molecule has 3 nitrogen and oxygen atoms in total. The lowest BCUT2D eigenvalue weighted by Gasteiger charge is -2.03. The maximum atomic E-state index is 8.72. The van der Waals surface area contributed by atoms with Gasteiger partial charge in [0.1, 0.15) is 0 Å². The van der Waals surface area contributed by atoms with Crippen LogP contribution in [-0.2, 0) is 0 Å². The minimum absolute atomic E-state index is 0.156. The summed E-state index contributed by atoms with van der Waals surface area (Å²) in [7, 11) is 0. The van der Waals surface area contributed by atoms with E-state index in [2.05, 4.69) is 9.97 Å². The molecule has 0 bridgehead atoms. The third-order valence-corrected chi connectivity index (χ3v) is 2.08. The monoisotopic (exact) mass is 170 g/mol. The summed E-state index contributed by atoms with van der Waals surface area (Å²) in [6, 6.07) is 1.77. The summed E-state index contributed by atoms with van der Waals surface area (Å²) < 4.78 is 0. The van der Waals surface area contributed by atoms with Crippen molar-refractivity contribution < 1.29 is 5.11 Å². The highest BCUT2D eigenvalue weighted by Crippen LogP contribution is 2.16. The van der Waals surface area contributed by atoms with Crippen LogP contribution >= 0.6 is 11.8 Å². The molecule has 1 rings (SSSR count). The van der Waals surface area contributed by atoms with Gasteiger partial charge in [0.2, 0.25) is 0 Å². The van der Waals surface area contributed by atoms with Crippen LogP contribution in [0.1, 0.15) is 6.92 Å². The molecule has 11 heavy (non-hydrogen) atoms. The molecule has 0 saturated carbocycles. The van der Waals surface area contributed by atoms with Crippen molar-refractivity contribution in [3.63, 3.8) is 0 Å². The molecule has 0 fully saturated rings. The first-order valence-corrected chi connectivity index (χ1v) is 4.25. The first-order chi connectivity index (χ1) is 5.33. The van der Waals surface area contributed by atoms with Gasteiger partial charge in [0.05, 0.1) is 6.61 Å². The molecule has 1 atom stereocenters. The van der Waals surface area contributed by atoms with Crippen LogP contribution in [-0.4, -0.2) is 26.9 Å². The van der Waals surface area contributed by atoms with Gasteiger partial charge in [-0.15, -0.1) is 0 Å². The van der Waals surface area contributed by atoms with Crippen LogP contribution in [0.15, 0.2) is 23.6 Å². The molecular formula is C7H10N2OS. The molecule has 1 N–H and O–H groups in total. The largest absolute Gasteiger partial charge is 0.395 e. The Hall–Kier alpha value is -0.610. The topological polar surface area (TPSA) is 46.0 Å². The zero-order valence-electron chi connectivity index (χ0n) is 6.27. The summed E-state index contributed by atoms with van der Waals surface area (Å²) in [4.78, 5) is 8.01. The lowest BCUT2D eigenvalue weighted by atomic mass is 10.5. The van der Waals surface area contributed by atoms with Gasteiger partial charge in [0.15, 0.2) is 5.16 Å². The SMILES string of the molecule is CC(CO)Sc1ncccn1. The number of rotatable bonds is 3. The van der Waals surface area contributed by atoms with Crippen molar-refractivity contribution in [3.8, 4) is 0 Å². The van der Waals surface area contributed by atoms with E-state index in [1.54, 1.807) is 18.5 Å². The van der Waals surface area contributed by atoms with Gasteiger partial charge < -0.3 is 5.11 Å². The quantitative estimate of drug-likeness (QED) is 0.542. The predicted molar refractivity (Wildman–Crippen MR) is 44.4 cm³/mol. The Morgan fingerprint density at radius 3 is 2.73 bits per heavy atom. The molecule has 0 radical (unpaired) electrons. The molecule has 0 aliphatic heterocycles. The molecule has 60 valence electrons. The van der Waals surface area contributed by atoms with Gasteiger partial charge in [-0.25, -0.2) is 9.97 Å². The highest BCUT2D eigenvalue weighted by atomic mass is 32.2. The van der Waals surface area contributed by atoms with Crippen molar-refractivity contribution in [3.05, 3.63) is 18.5 Å². The molecule has 1 unspecified atom stereocenters. The maximum absolute atomic E-state index is 8.72. The van der Waals surface area contributed by atoms with Gasteiger partial charge in [-0.05, 0) is 6.07 Å². The fraction of sp³-hybridized carbons (Fsp3) is 0.429. The van der Waals surface area contributed by atoms with Crippen molar-refractivity contribution in [2.24, 2.45) is 0 Å². The second kappa shape index (κ2) is 4.31. The standard InChI is InChI=1S/C7H10N2OS/c1-6(5-10)11-7-8-3-2-4-9-7/h2-4,6,10H,5H2,1H3. The Kier molecular flexibility index (Phi) is 3.32. The summed E-state index contributed by atoms with van der Waals surface area (Å²) in [6.45, 7) is 2.09. The van der Waals surface area contributed by atoms with Crippen molar-refractivity contribution >= 4 is 11.8 Å². The van der Waals surface area contributed by atoms with Crippen LogP contribution in [0.4, 0.5) is 0 Å². The average Bonchev–Trinajstić information content (AvgIpc) is 2.06. The second-order valence-corrected chi connectivity index (χ2v) is 3.55. The predicted octanol–water partition coefficient (Wildman–Crippen LogP) is 0.950. The van der Waals surface area contributed by atoms with E-state index in [0.717, 1.165) is 0 Å². The van der Waals surface area contributed by atoms with E-state index in [4.69, 9.17) is 5.11 Å². The van der Waals surface area contributed by atoms with Crippen molar-refractivity contribution in [2.75, 3.05) is 6.61 Å². The summed E-state index contributed by atoms with van der Waals surface area (Å²) in [6.07, 6.45) is 3.39. The third-order valence-electron chi connectivity index (χ3n) is 1.11. The Labute approximate surface area is 69.9 Å². The van der Waals surface area contributed by atoms with Gasteiger partial charge in [-0.2, -0.15) is 0 Å². The lowest BCUT2D eigenvalue weighted by Crippen LogP contribution is -2.02. The summed E-state index contributed by atoms with van der Waals surface area (Å²) in [5, 5.41) is 9.60. The molecule has 1 aromatic heterocycles. The van der Waals surface area contributed by atoms with Gasteiger partial charge in [-0.1, -0.05) is 18.7 Å². The molecule has 0 aliphatic rings. The van der Waals surface area contributed by atoms with Crippen molar-refractivity contribution in [1.29, 1.82) is 0 Å². The fourth-order valence-corrected chi connectivity index (χ4v) is 1.24. The first kappa shape index (κ1) is 8.49. The van der Waals surface area contributed by atoms with E-state index >= 15 is 0 Å². The molecule has 0 spiro atoms. The van der Waals surface area contributed by atoms with Crippen LogP contribution in [0, 0.1) is 0 Å². The summed E-state index contributed by atoms with van der Waals surface area (Å²) in [5.41, 5.74) is 0. The number of aliphatic hydroxyl groups excluding tert-OH is 1. The van der Waals surface area contributed by atoms with Gasteiger partial charge in [-0.3, -0.25) is 0 Å². The molecule has 1 heterocycles. The Morgan fingerprint density at radius 1 is 1.55 bits per heavy atom. The highest BCUT2D eigenvalue weighted by molar-refractivity contribution is 7.99. The number of hydrogen-bond acceptors (Lipinski definition) is 4. The number of nitrogens with zero attached hydrogens (tertiary/aromatic N) is 2. The van der Waals surface area contributed by atoms with E-state index in [1.807, 2.05) is 6.92 Å². The first-order valence-electron chi connectivity index (χ1n) is 3.37. The smallest absolute Gasteiger partial charge is 0.187 e. The summed E-state index contributed by atoms with van der Waals surface area (Å²) in [5.74, 6) is 0. The second-order valence-electron chi connectivity index (χ2n) is 2.14. The van der Waals surface area contributed by atoms with Crippen LogP contribution < -0.4 is 0 Å². The van der Waals surface area contributed by atoms with E-state index in [0.29, 0.717) is 5.16 Å². The molecule has 0 saturated heterocycles. The van der Waals surface area contributed by atoms with Gasteiger partial charge >= 0.3 is 0 Å². The van der Waals surface area contributed by atoms with E-state index in [-0.39, 0.29) is 11.9 Å². The normalized spacial score (nSPS) is 12.9. The van der Waals surface area contributed by atoms with E-state index in [1.165, 1.54) is 11.8 Å². The molecule has 0 amide bonds. The van der Waals surface area contributed by atoms with E-state index in [9.17, 15) is 0 Å². The number of aliphatic hydroxyl groups is 1. The summed E-state index contributed by atoms with van der Waals surface area (Å²) >= 11 is 1.47. The number of hydrogen-bond donors (Lipinski definition) is 1. The van der Waals surface area contributed by atoms with Crippen molar-refractivity contribution in [1.82, 2.24) is 9.97 Å². The Balaban J connectivity index is 2.51. The minimum Gasteiger partial charge on any atom is -0.395 e. The van der Waals surface area contributed by atoms with Gasteiger partial charge in [0, 0.05) is 17.6 Å². The maximum Gasteiger partial charge on any atom is 0.187 e.